The van der Waals surface area contributed by atoms with Crippen molar-refractivity contribution < 1.29 is 19.1 Å². The monoisotopic (exact) mass is 526 g/mol. The number of ether oxygens (including phenoxy) is 2. The van der Waals surface area contributed by atoms with Gasteiger partial charge in [0.25, 0.3) is 5.56 Å². The first-order valence-corrected chi connectivity index (χ1v) is 12.8. The minimum Gasteiger partial charge on any atom is -0.426 e. The van der Waals surface area contributed by atoms with Crippen LogP contribution < -0.4 is 15.0 Å². The largest absolute Gasteiger partial charge is 0.426 e. The molecule has 0 unspecified atom stereocenters. The smallest absolute Gasteiger partial charge is 0.308 e. The molecule has 0 aliphatic carbocycles. The van der Waals surface area contributed by atoms with Gasteiger partial charge in [-0.2, -0.15) is 0 Å². The standard InChI is InChI=1S/C32H34N2O5/c1-18-14-25(15-19(2)30(18)38-23(6)35)29(26-16-20(3)31(21(4)17-26)39-24(7)36)28-22(5)33(8)34(32(28)37)27-12-10-9-11-13-27/h9-17,29H,1-8H3. The van der Waals surface area contributed by atoms with Gasteiger partial charge in [0, 0.05) is 32.5 Å². The van der Waals surface area contributed by atoms with Crippen LogP contribution in [0, 0.1) is 34.6 Å². The van der Waals surface area contributed by atoms with Crippen LogP contribution in [0.4, 0.5) is 0 Å². The number of aryl methyl sites for hydroxylation is 4. The molecule has 0 saturated heterocycles. The van der Waals surface area contributed by atoms with Crippen molar-refractivity contribution in [2.75, 3.05) is 0 Å². The van der Waals surface area contributed by atoms with Crippen molar-refractivity contribution in [3.8, 4) is 17.2 Å². The first-order valence-electron chi connectivity index (χ1n) is 12.8. The quantitative estimate of drug-likeness (QED) is 0.236. The minimum absolute atomic E-state index is 0.120. The van der Waals surface area contributed by atoms with E-state index in [0.717, 1.165) is 44.8 Å². The van der Waals surface area contributed by atoms with Crippen molar-refractivity contribution >= 4 is 11.9 Å². The first kappa shape index (κ1) is 27.6. The first-order chi connectivity index (χ1) is 18.4. The number of rotatable bonds is 6. The van der Waals surface area contributed by atoms with Crippen molar-refractivity contribution in [1.29, 1.82) is 0 Å². The summed E-state index contributed by atoms with van der Waals surface area (Å²) in [5, 5.41) is 0. The summed E-state index contributed by atoms with van der Waals surface area (Å²) in [6.45, 7) is 12.3. The molecular weight excluding hydrogens is 492 g/mol. The van der Waals surface area contributed by atoms with Crippen molar-refractivity contribution in [3.63, 3.8) is 0 Å². The number of para-hydroxylation sites is 1. The third-order valence-electron chi connectivity index (χ3n) is 7.01. The fraction of sp³-hybridized carbons (Fsp3) is 0.281. The van der Waals surface area contributed by atoms with E-state index < -0.39 is 5.92 Å². The average Bonchev–Trinajstić information content (AvgIpc) is 3.07. The lowest BCUT2D eigenvalue weighted by Crippen LogP contribution is -2.23. The molecular formula is C32H34N2O5. The maximum absolute atomic E-state index is 14.2. The molecule has 0 aliphatic rings. The van der Waals surface area contributed by atoms with Gasteiger partial charge in [0.1, 0.15) is 11.5 Å². The van der Waals surface area contributed by atoms with Gasteiger partial charge in [0.2, 0.25) is 0 Å². The zero-order chi connectivity index (χ0) is 28.6. The maximum atomic E-state index is 14.2. The molecule has 0 spiro atoms. The van der Waals surface area contributed by atoms with Gasteiger partial charge in [0.05, 0.1) is 11.3 Å². The summed E-state index contributed by atoms with van der Waals surface area (Å²) in [6, 6.07) is 17.4. The second-order valence-corrected chi connectivity index (χ2v) is 10.1. The van der Waals surface area contributed by atoms with Crippen LogP contribution in [0.3, 0.4) is 0 Å². The third-order valence-corrected chi connectivity index (χ3v) is 7.01. The van der Waals surface area contributed by atoms with Gasteiger partial charge in [-0.05, 0) is 80.1 Å². The van der Waals surface area contributed by atoms with Gasteiger partial charge in [0.15, 0.2) is 0 Å². The van der Waals surface area contributed by atoms with E-state index in [1.54, 1.807) is 4.68 Å². The van der Waals surface area contributed by atoms with E-state index >= 15 is 0 Å². The van der Waals surface area contributed by atoms with Crippen LogP contribution in [0.5, 0.6) is 11.5 Å². The van der Waals surface area contributed by atoms with E-state index in [2.05, 4.69) is 0 Å². The van der Waals surface area contributed by atoms with Crippen LogP contribution in [0.1, 0.15) is 64.4 Å². The summed E-state index contributed by atoms with van der Waals surface area (Å²) in [5.41, 5.74) is 7.10. The highest BCUT2D eigenvalue weighted by Crippen LogP contribution is 2.39. The van der Waals surface area contributed by atoms with Gasteiger partial charge < -0.3 is 9.47 Å². The number of nitrogens with zero attached hydrogens (tertiary/aromatic N) is 2. The van der Waals surface area contributed by atoms with Crippen LogP contribution in [0.2, 0.25) is 0 Å². The number of esters is 2. The third kappa shape index (κ3) is 5.30. The van der Waals surface area contributed by atoms with Crippen LogP contribution in [0.15, 0.2) is 59.4 Å². The van der Waals surface area contributed by atoms with Gasteiger partial charge in [-0.15, -0.1) is 0 Å². The molecule has 0 aliphatic heterocycles. The number of carbonyl (C=O) groups excluding carboxylic acids is 2. The Bertz CT molecular complexity index is 1530. The predicted octanol–water partition coefficient (Wildman–Crippen LogP) is 5.75. The topological polar surface area (TPSA) is 79.5 Å². The average molecular weight is 527 g/mol. The Kier molecular flexibility index (Phi) is 7.63. The zero-order valence-corrected chi connectivity index (χ0v) is 23.7. The Morgan fingerprint density at radius 2 is 1.13 bits per heavy atom. The molecule has 1 heterocycles. The molecule has 7 nitrogen and oxygen atoms in total. The second-order valence-electron chi connectivity index (χ2n) is 10.1. The van der Waals surface area contributed by atoms with Gasteiger partial charge >= 0.3 is 11.9 Å². The number of carbonyl (C=O) groups is 2. The van der Waals surface area contributed by atoms with E-state index in [1.807, 2.05) is 101 Å². The Labute approximate surface area is 228 Å². The lowest BCUT2D eigenvalue weighted by Gasteiger charge is -2.22. The van der Waals surface area contributed by atoms with Gasteiger partial charge in [-0.3, -0.25) is 19.1 Å². The molecule has 1 aromatic heterocycles. The van der Waals surface area contributed by atoms with Crippen molar-refractivity contribution in [2.24, 2.45) is 7.05 Å². The van der Waals surface area contributed by atoms with E-state index in [-0.39, 0.29) is 17.5 Å². The molecule has 4 rings (SSSR count). The highest BCUT2D eigenvalue weighted by atomic mass is 16.5. The molecule has 0 radical (unpaired) electrons. The fourth-order valence-corrected chi connectivity index (χ4v) is 5.36. The van der Waals surface area contributed by atoms with Gasteiger partial charge in [-0.25, -0.2) is 4.68 Å². The lowest BCUT2D eigenvalue weighted by molar-refractivity contribution is -0.132. The molecule has 3 aromatic carbocycles. The van der Waals surface area contributed by atoms with Crippen LogP contribution in [0.25, 0.3) is 5.69 Å². The van der Waals surface area contributed by atoms with E-state index in [4.69, 9.17) is 9.47 Å². The Morgan fingerprint density at radius 1 is 0.718 bits per heavy atom. The van der Waals surface area contributed by atoms with Crippen LogP contribution >= 0.6 is 0 Å². The summed E-state index contributed by atoms with van der Waals surface area (Å²) < 4.78 is 14.5. The number of benzene rings is 3. The summed E-state index contributed by atoms with van der Waals surface area (Å²) in [6.07, 6.45) is 0. The lowest BCUT2D eigenvalue weighted by atomic mass is 9.82. The Morgan fingerprint density at radius 3 is 1.51 bits per heavy atom. The zero-order valence-electron chi connectivity index (χ0n) is 23.7. The molecule has 7 heteroatoms. The molecule has 0 amide bonds. The fourth-order valence-electron chi connectivity index (χ4n) is 5.36. The minimum atomic E-state index is -0.429. The normalized spacial score (nSPS) is 11.1. The molecule has 202 valence electrons. The van der Waals surface area contributed by atoms with Crippen molar-refractivity contribution in [1.82, 2.24) is 9.36 Å². The number of hydrogen-bond acceptors (Lipinski definition) is 5. The molecule has 4 aromatic rings. The molecule has 0 N–H and O–H groups in total. The molecule has 0 atom stereocenters. The number of aromatic nitrogens is 2. The van der Waals surface area contributed by atoms with E-state index in [0.29, 0.717) is 17.1 Å². The summed E-state index contributed by atoms with van der Waals surface area (Å²) in [4.78, 5) is 37.6. The van der Waals surface area contributed by atoms with E-state index in [1.165, 1.54) is 13.8 Å². The second kappa shape index (κ2) is 10.8. The Hall–Kier alpha value is -4.39. The number of hydrogen-bond donors (Lipinski definition) is 0. The highest BCUT2D eigenvalue weighted by molar-refractivity contribution is 5.71. The van der Waals surface area contributed by atoms with E-state index in [9.17, 15) is 14.4 Å². The van der Waals surface area contributed by atoms with Gasteiger partial charge in [-0.1, -0.05) is 42.5 Å². The highest BCUT2D eigenvalue weighted by Gasteiger charge is 2.29. The van der Waals surface area contributed by atoms with Crippen LogP contribution in [-0.4, -0.2) is 21.3 Å². The Balaban J connectivity index is 2.03. The van der Waals surface area contributed by atoms with Crippen molar-refractivity contribution in [2.45, 2.75) is 54.4 Å². The predicted molar refractivity (Wildman–Crippen MR) is 151 cm³/mol. The molecule has 0 saturated carbocycles. The summed E-state index contributed by atoms with van der Waals surface area (Å²) in [7, 11) is 1.88. The SMILES string of the molecule is CC(=O)Oc1c(C)cc(C(c2cc(C)c(OC(C)=O)c(C)c2)c2c(C)n(C)n(-c3ccccc3)c2=O)cc1C. The summed E-state index contributed by atoms with van der Waals surface area (Å²) in [5.74, 6) is -0.158. The molecule has 0 fully saturated rings. The van der Waals surface area contributed by atoms with Crippen molar-refractivity contribution in [3.05, 3.63) is 110 Å². The van der Waals surface area contributed by atoms with Crippen LogP contribution in [-0.2, 0) is 16.6 Å². The molecule has 0 bridgehead atoms. The maximum Gasteiger partial charge on any atom is 0.308 e. The molecule has 39 heavy (non-hydrogen) atoms. The summed E-state index contributed by atoms with van der Waals surface area (Å²) >= 11 is 0.